The van der Waals surface area contributed by atoms with Crippen LogP contribution in [0.1, 0.15) is 42.3 Å². The van der Waals surface area contributed by atoms with Gasteiger partial charge in [-0.3, -0.25) is 4.79 Å². The van der Waals surface area contributed by atoms with Crippen LogP contribution < -0.4 is 5.32 Å². The summed E-state index contributed by atoms with van der Waals surface area (Å²) >= 11 is 0. The zero-order valence-electron chi connectivity index (χ0n) is 15.1. The van der Waals surface area contributed by atoms with Crippen LogP contribution in [-0.4, -0.2) is 24.1 Å². The largest absolute Gasteiger partial charge is 0.467 e. The number of hydrogen-bond donors (Lipinski definition) is 1. The molecule has 0 aliphatic rings. The molecule has 0 spiro atoms. The average Bonchev–Trinajstić information content (AvgIpc) is 2.96. The lowest BCUT2D eigenvalue weighted by Crippen LogP contribution is -2.52. The number of carbonyl (C=O) groups is 2. The van der Waals surface area contributed by atoms with E-state index in [0.29, 0.717) is 24.2 Å². The molecule has 2 aromatic rings. The zero-order chi connectivity index (χ0) is 18.4. The molecule has 1 atom stereocenters. The SMILES string of the molecule is CC[C@](NC(=O)CCc1c(C)noc1C)(C(=O)OC)c1ccccc1. The highest BCUT2D eigenvalue weighted by molar-refractivity contribution is 5.89. The molecule has 1 amide bonds. The van der Waals surface area contributed by atoms with Crippen LogP contribution in [-0.2, 0) is 26.3 Å². The van der Waals surface area contributed by atoms with E-state index in [0.717, 1.165) is 11.3 Å². The number of ether oxygens (including phenoxy) is 1. The van der Waals surface area contributed by atoms with Gasteiger partial charge in [0.05, 0.1) is 12.8 Å². The number of methoxy groups -OCH3 is 1. The molecular formula is C19H24N2O4. The Morgan fingerprint density at radius 3 is 2.44 bits per heavy atom. The maximum absolute atomic E-state index is 12.6. The number of aromatic nitrogens is 1. The van der Waals surface area contributed by atoms with E-state index in [1.165, 1.54) is 7.11 Å². The van der Waals surface area contributed by atoms with Gasteiger partial charge in [-0.1, -0.05) is 42.4 Å². The summed E-state index contributed by atoms with van der Waals surface area (Å²) in [6.07, 6.45) is 1.12. The van der Waals surface area contributed by atoms with Gasteiger partial charge in [0, 0.05) is 12.0 Å². The van der Waals surface area contributed by atoms with Crippen LogP contribution in [0.15, 0.2) is 34.9 Å². The Morgan fingerprint density at radius 2 is 1.92 bits per heavy atom. The third-order valence-electron chi connectivity index (χ3n) is 4.47. The number of aryl methyl sites for hydroxylation is 2. The number of esters is 1. The maximum Gasteiger partial charge on any atom is 0.336 e. The molecule has 0 aliphatic heterocycles. The van der Waals surface area contributed by atoms with E-state index in [4.69, 9.17) is 9.26 Å². The molecule has 0 saturated heterocycles. The highest BCUT2D eigenvalue weighted by Gasteiger charge is 2.41. The Hall–Kier alpha value is -2.63. The number of nitrogens with zero attached hydrogens (tertiary/aromatic N) is 1. The Bertz CT molecular complexity index is 720. The first kappa shape index (κ1) is 18.7. The van der Waals surface area contributed by atoms with Crippen molar-refractivity contribution in [2.45, 2.75) is 45.6 Å². The van der Waals surface area contributed by atoms with Gasteiger partial charge in [-0.15, -0.1) is 0 Å². The molecule has 6 heteroatoms. The molecule has 1 N–H and O–H groups in total. The van der Waals surface area contributed by atoms with Crippen molar-refractivity contribution in [3.05, 3.63) is 52.9 Å². The first-order valence-corrected chi connectivity index (χ1v) is 8.31. The number of carbonyl (C=O) groups excluding carboxylic acids is 2. The van der Waals surface area contributed by atoms with Crippen molar-refractivity contribution >= 4 is 11.9 Å². The van der Waals surface area contributed by atoms with E-state index in [2.05, 4.69) is 10.5 Å². The molecule has 6 nitrogen and oxygen atoms in total. The molecule has 0 bridgehead atoms. The molecule has 25 heavy (non-hydrogen) atoms. The van der Waals surface area contributed by atoms with Crippen LogP contribution in [0.2, 0.25) is 0 Å². The van der Waals surface area contributed by atoms with E-state index in [-0.39, 0.29) is 12.3 Å². The zero-order valence-corrected chi connectivity index (χ0v) is 15.1. The number of nitrogens with one attached hydrogen (secondary N) is 1. The van der Waals surface area contributed by atoms with Crippen molar-refractivity contribution in [2.24, 2.45) is 0 Å². The number of amides is 1. The van der Waals surface area contributed by atoms with Crippen LogP contribution in [0.4, 0.5) is 0 Å². The predicted molar refractivity (Wildman–Crippen MR) is 92.9 cm³/mol. The van der Waals surface area contributed by atoms with E-state index in [1.807, 2.05) is 51.1 Å². The molecule has 134 valence electrons. The monoisotopic (exact) mass is 344 g/mol. The summed E-state index contributed by atoms with van der Waals surface area (Å²) in [6.45, 7) is 5.51. The maximum atomic E-state index is 12.6. The highest BCUT2D eigenvalue weighted by Crippen LogP contribution is 2.27. The van der Waals surface area contributed by atoms with Gasteiger partial charge in [0.1, 0.15) is 5.76 Å². The average molecular weight is 344 g/mol. The van der Waals surface area contributed by atoms with Gasteiger partial charge < -0.3 is 14.6 Å². The third kappa shape index (κ3) is 3.90. The van der Waals surface area contributed by atoms with Crippen LogP contribution in [0, 0.1) is 13.8 Å². The van der Waals surface area contributed by atoms with E-state index in [9.17, 15) is 9.59 Å². The van der Waals surface area contributed by atoms with Crippen LogP contribution in [0.5, 0.6) is 0 Å². The fraction of sp³-hybridized carbons (Fsp3) is 0.421. The number of benzene rings is 1. The van der Waals surface area contributed by atoms with E-state index < -0.39 is 11.5 Å². The minimum Gasteiger partial charge on any atom is -0.467 e. The molecule has 0 unspecified atom stereocenters. The van der Waals surface area contributed by atoms with Gasteiger partial charge in [-0.25, -0.2) is 4.79 Å². The van der Waals surface area contributed by atoms with Gasteiger partial charge in [-0.05, 0) is 32.3 Å². The van der Waals surface area contributed by atoms with Gasteiger partial charge in [0.15, 0.2) is 5.54 Å². The van der Waals surface area contributed by atoms with E-state index in [1.54, 1.807) is 0 Å². The minimum absolute atomic E-state index is 0.226. The molecule has 0 aliphatic carbocycles. The van der Waals surface area contributed by atoms with Crippen molar-refractivity contribution in [1.29, 1.82) is 0 Å². The summed E-state index contributed by atoms with van der Waals surface area (Å²) in [4.78, 5) is 25.0. The van der Waals surface area contributed by atoms with Crippen LogP contribution in [0.25, 0.3) is 0 Å². The van der Waals surface area contributed by atoms with Gasteiger partial charge in [-0.2, -0.15) is 0 Å². The topological polar surface area (TPSA) is 81.4 Å². The van der Waals surface area contributed by atoms with Crippen molar-refractivity contribution in [3.8, 4) is 0 Å². The number of hydrogen-bond acceptors (Lipinski definition) is 5. The first-order chi connectivity index (χ1) is 11.9. The molecule has 1 heterocycles. The number of rotatable bonds is 7. The second kappa shape index (κ2) is 7.96. The Balaban J connectivity index is 2.19. The van der Waals surface area contributed by atoms with Crippen molar-refractivity contribution in [3.63, 3.8) is 0 Å². The molecule has 2 rings (SSSR count). The normalized spacial score (nSPS) is 13.1. The smallest absolute Gasteiger partial charge is 0.336 e. The fourth-order valence-corrected chi connectivity index (χ4v) is 2.97. The van der Waals surface area contributed by atoms with Crippen LogP contribution >= 0.6 is 0 Å². The van der Waals surface area contributed by atoms with Crippen molar-refractivity contribution < 1.29 is 18.8 Å². The third-order valence-corrected chi connectivity index (χ3v) is 4.47. The molecule has 1 aromatic heterocycles. The Morgan fingerprint density at radius 1 is 1.24 bits per heavy atom. The van der Waals surface area contributed by atoms with Crippen LogP contribution in [0.3, 0.4) is 0 Å². The lowest BCUT2D eigenvalue weighted by Gasteiger charge is -2.31. The van der Waals surface area contributed by atoms with Gasteiger partial charge >= 0.3 is 5.97 Å². The lowest BCUT2D eigenvalue weighted by atomic mass is 9.86. The lowest BCUT2D eigenvalue weighted by molar-refractivity contribution is -0.151. The summed E-state index contributed by atoms with van der Waals surface area (Å²) < 4.78 is 10.1. The second-order valence-corrected chi connectivity index (χ2v) is 5.97. The van der Waals surface area contributed by atoms with Crippen molar-refractivity contribution in [2.75, 3.05) is 7.11 Å². The van der Waals surface area contributed by atoms with Crippen molar-refractivity contribution in [1.82, 2.24) is 10.5 Å². The summed E-state index contributed by atoms with van der Waals surface area (Å²) in [5.41, 5.74) is 1.22. The molecular weight excluding hydrogens is 320 g/mol. The predicted octanol–water partition coefficient (Wildman–Crippen LogP) is 2.82. The van der Waals surface area contributed by atoms with Gasteiger partial charge in [0.2, 0.25) is 5.91 Å². The minimum atomic E-state index is -1.19. The first-order valence-electron chi connectivity index (χ1n) is 8.31. The molecule has 0 fully saturated rings. The standard InChI is InChI=1S/C19H24N2O4/c1-5-19(18(23)24-4,15-9-7-6-8-10-15)20-17(22)12-11-16-13(2)21-25-14(16)3/h6-10H,5,11-12H2,1-4H3,(H,20,22)/t19-/m1/s1. The molecule has 0 saturated carbocycles. The summed E-state index contributed by atoms with van der Waals surface area (Å²) in [5, 5.41) is 6.78. The summed E-state index contributed by atoms with van der Waals surface area (Å²) in [6, 6.07) is 9.15. The Kier molecular flexibility index (Phi) is 5.96. The second-order valence-electron chi connectivity index (χ2n) is 5.97. The molecule has 0 radical (unpaired) electrons. The Labute approximate surface area is 147 Å². The fourth-order valence-electron chi connectivity index (χ4n) is 2.97. The quantitative estimate of drug-likeness (QED) is 0.781. The van der Waals surface area contributed by atoms with E-state index >= 15 is 0 Å². The molecule has 1 aromatic carbocycles. The highest BCUT2D eigenvalue weighted by atomic mass is 16.5. The summed E-state index contributed by atoms with van der Waals surface area (Å²) in [7, 11) is 1.33. The van der Waals surface area contributed by atoms with Gasteiger partial charge in [0.25, 0.3) is 0 Å². The summed E-state index contributed by atoms with van der Waals surface area (Å²) in [5.74, 6) is 0.00562.